The number of benzene rings is 2. The van der Waals surface area contributed by atoms with Gasteiger partial charge < -0.3 is 10.6 Å². The Hall–Kier alpha value is -4.53. The molecule has 0 radical (unpaired) electrons. The van der Waals surface area contributed by atoms with Crippen molar-refractivity contribution in [1.82, 2.24) is 24.9 Å². The zero-order valence-corrected chi connectivity index (χ0v) is 21.6. The number of carbonyl (C=O) groups is 1. The molecule has 9 heteroatoms. The summed E-state index contributed by atoms with van der Waals surface area (Å²) in [5.74, 6) is 0.428. The summed E-state index contributed by atoms with van der Waals surface area (Å²) in [5.41, 5.74) is 10.9. The first-order chi connectivity index (χ1) is 18.5. The highest BCUT2D eigenvalue weighted by molar-refractivity contribution is 6.05. The summed E-state index contributed by atoms with van der Waals surface area (Å²) in [4.78, 5) is 32.7. The molecule has 38 heavy (non-hydrogen) atoms. The molecule has 5 rings (SSSR count). The van der Waals surface area contributed by atoms with Crippen molar-refractivity contribution in [1.29, 1.82) is 0 Å². The number of amidine groups is 1. The summed E-state index contributed by atoms with van der Waals surface area (Å²) >= 11 is 0. The van der Waals surface area contributed by atoms with Crippen LogP contribution in [0.2, 0.25) is 0 Å². The minimum atomic E-state index is -0.168. The number of aliphatic imine (C=N–C) groups is 1. The predicted octanol–water partition coefficient (Wildman–Crippen LogP) is 4.26. The van der Waals surface area contributed by atoms with Gasteiger partial charge in [-0.1, -0.05) is 32.0 Å². The van der Waals surface area contributed by atoms with E-state index in [4.69, 9.17) is 5.73 Å². The number of fused-ring (bicyclic) bond motifs is 2. The molecular formula is C29H31N7O2. The van der Waals surface area contributed by atoms with E-state index < -0.39 is 0 Å². The number of aromatic amines is 1. The first-order valence-electron chi connectivity index (χ1n) is 12.9. The molecule has 9 nitrogen and oxygen atoms in total. The molecule has 0 aliphatic carbocycles. The Labute approximate surface area is 220 Å². The number of hydrogen-bond donors (Lipinski definition) is 2. The van der Waals surface area contributed by atoms with Gasteiger partial charge in [-0.25, -0.2) is 9.67 Å². The maximum Gasteiger partial charge on any atom is 0.274 e. The van der Waals surface area contributed by atoms with Crippen LogP contribution in [0.25, 0.3) is 28.0 Å². The minimum Gasteiger partial charge on any atom is -0.387 e. The number of H-pyrrole nitrogens is 1. The number of rotatable bonds is 8. The number of amides is 1. The van der Waals surface area contributed by atoms with Crippen LogP contribution in [0.15, 0.2) is 70.2 Å². The van der Waals surface area contributed by atoms with E-state index in [9.17, 15) is 9.59 Å². The molecule has 0 spiro atoms. The lowest BCUT2D eigenvalue weighted by atomic mass is 9.99. The third kappa shape index (κ3) is 5.13. The standard InChI is InChI=1S/C29H31N7O2/c1-3-11-35(12-4-2)28(37)22-14-21-6-5-20(15-26(21)33-27(30)16-22)19-7-8-25-23(13-19)17-32-36(29(25)38)18-24-9-10-31-34-24/h5-10,13-15,17H,3-4,11-12,16,18H2,1-2H3,(H2,30,33)(H,31,34). The summed E-state index contributed by atoms with van der Waals surface area (Å²) in [6, 6.07) is 13.4. The van der Waals surface area contributed by atoms with E-state index >= 15 is 0 Å². The maximum atomic E-state index is 13.2. The normalized spacial score (nSPS) is 13.0. The summed E-state index contributed by atoms with van der Waals surface area (Å²) < 4.78 is 1.41. The van der Waals surface area contributed by atoms with Crippen LogP contribution >= 0.6 is 0 Å². The van der Waals surface area contributed by atoms with Crippen LogP contribution in [0, 0.1) is 0 Å². The average Bonchev–Trinajstić information content (AvgIpc) is 3.37. The van der Waals surface area contributed by atoms with Crippen LogP contribution < -0.4 is 11.3 Å². The summed E-state index contributed by atoms with van der Waals surface area (Å²) in [7, 11) is 0. The van der Waals surface area contributed by atoms with Crippen molar-refractivity contribution in [2.45, 2.75) is 39.7 Å². The van der Waals surface area contributed by atoms with Gasteiger partial charge in [0.25, 0.3) is 5.56 Å². The van der Waals surface area contributed by atoms with E-state index in [1.807, 2.05) is 53.4 Å². The van der Waals surface area contributed by atoms with E-state index in [2.05, 4.69) is 34.1 Å². The van der Waals surface area contributed by atoms with Gasteiger partial charge in [0.2, 0.25) is 5.91 Å². The second kappa shape index (κ2) is 10.8. The minimum absolute atomic E-state index is 0.0174. The van der Waals surface area contributed by atoms with Gasteiger partial charge in [-0.15, -0.1) is 0 Å². The second-order valence-electron chi connectivity index (χ2n) is 9.49. The van der Waals surface area contributed by atoms with E-state index in [1.54, 1.807) is 12.4 Å². The SMILES string of the molecule is CCCN(CCC)C(=O)C1=Cc2ccc(-c3ccc4c(=O)n(Cc5cc[nH]n5)ncc4c3)cc2N=C(N)C1. The monoisotopic (exact) mass is 509 g/mol. The molecule has 4 aromatic rings. The Morgan fingerprint density at radius 1 is 1.08 bits per heavy atom. The van der Waals surface area contributed by atoms with Crippen LogP contribution in [-0.4, -0.2) is 49.7 Å². The van der Waals surface area contributed by atoms with Gasteiger partial charge in [-0.2, -0.15) is 10.2 Å². The predicted molar refractivity (Wildman–Crippen MR) is 150 cm³/mol. The van der Waals surface area contributed by atoms with Gasteiger partial charge in [0.1, 0.15) is 5.84 Å². The van der Waals surface area contributed by atoms with E-state index in [-0.39, 0.29) is 11.5 Å². The van der Waals surface area contributed by atoms with Gasteiger partial charge >= 0.3 is 0 Å². The lowest BCUT2D eigenvalue weighted by Gasteiger charge is -2.22. The molecular weight excluding hydrogens is 478 g/mol. The van der Waals surface area contributed by atoms with Crippen molar-refractivity contribution in [2.75, 3.05) is 13.1 Å². The summed E-state index contributed by atoms with van der Waals surface area (Å²) in [6.45, 7) is 5.89. The zero-order chi connectivity index (χ0) is 26.6. The fourth-order valence-corrected chi connectivity index (χ4v) is 4.78. The van der Waals surface area contributed by atoms with Gasteiger partial charge in [0.15, 0.2) is 0 Å². The number of nitrogens with one attached hydrogen (secondary N) is 1. The highest BCUT2D eigenvalue weighted by Crippen LogP contribution is 2.33. The molecule has 3 heterocycles. The molecule has 2 aromatic carbocycles. The van der Waals surface area contributed by atoms with Crippen molar-refractivity contribution in [3.8, 4) is 11.1 Å². The van der Waals surface area contributed by atoms with Gasteiger partial charge in [-0.3, -0.25) is 14.7 Å². The van der Waals surface area contributed by atoms with Crippen molar-refractivity contribution >= 4 is 34.3 Å². The number of aromatic nitrogens is 4. The molecule has 2 aromatic heterocycles. The smallest absolute Gasteiger partial charge is 0.274 e. The van der Waals surface area contributed by atoms with Crippen LogP contribution in [0.1, 0.15) is 44.4 Å². The van der Waals surface area contributed by atoms with Crippen LogP contribution in [0.5, 0.6) is 0 Å². The number of hydrogen-bond acceptors (Lipinski definition) is 6. The van der Waals surface area contributed by atoms with Gasteiger partial charge in [0.05, 0.1) is 29.5 Å². The zero-order valence-electron chi connectivity index (χ0n) is 21.6. The first-order valence-corrected chi connectivity index (χ1v) is 12.9. The van der Waals surface area contributed by atoms with E-state index in [0.717, 1.165) is 53.7 Å². The molecule has 0 saturated heterocycles. The second-order valence-corrected chi connectivity index (χ2v) is 9.49. The average molecular weight is 510 g/mol. The van der Waals surface area contributed by atoms with Gasteiger partial charge in [-0.05, 0) is 54.3 Å². The highest BCUT2D eigenvalue weighted by atomic mass is 16.2. The molecule has 0 atom stereocenters. The fraction of sp³-hybridized carbons (Fsp3) is 0.276. The Morgan fingerprint density at radius 2 is 1.84 bits per heavy atom. The van der Waals surface area contributed by atoms with Crippen molar-refractivity contribution in [3.05, 3.63) is 82.0 Å². The third-order valence-corrected chi connectivity index (χ3v) is 6.60. The number of nitrogens with two attached hydrogens (primary N) is 1. The Bertz CT molecular complexity index is 1590. The molecule has 1 aliphatic heterocycles. The van der Waals surface area contributed by atoms with Crippen LogP contribution in [0.4, 0.5) is 5.69 Å². The summed E-state index contributed by atoms with van der Waals surface area (Å²) in [5, 5.41) is 12.5. The number of carbonyl (C=O) groups excluding carboxylic acids is 1. The Kier molecular flexibility index (Phi) is 7.17. The molecule has 3 N–H and O–H groups in total. The molecule has 1 amide bonds. The maximum absolute atomic E-state index is 13.2. The lowest BCUT2D eigenvalue weighted by molar-refractivity contribution is -0.127. The van der Waals surface area contributed by atoms with Crippen molar-refractivity contribution in [3.63, 3.8) is 0 Å². The quantitative estimate of drug-likeness (QED) is 0.367. The largest absolute Gasteiger partial charge is 0.387 e. The molecule has 0 saturated carbocycles. The Balaban J connectivity index is 1.46. The summed E-state index contributed by atoms with van der Waals surface area (Å²) in [6.07, 6.45) is 7.46. The molecule has 1 aliphatic rings. The number of nitrogens with zero attached hydrogens (tertiary/aromatic N) is 5. The van der Waals surface area contributed by atoms with E-state index in [1.165, 1.54) is 4.68 Å². The third-order valence-electron chi connectivity index (χ3n) is 6.60. The van der Waals surface area contributed by atoms with E-state index in [0.29, 0.717) is 35.4 Å². The fourth-order valence-electron chi connectivity index (χ4n) is 4.78. The van der Waals surface area contributed by atoms with Crippen molar-refractivity contribution in [2.24, 2.45) is 10.7 Å². The highest BCUT2D eigenvalue weighted by Gasteiger charge is 2.21. The molecule has 0 unspecified atom stereocenters. The van der Waals surface area contributed by atoms with Crippen molar-refractivity contribution < 1.29 is 4.79 Å². The van der Waals surface area contributed by atoms with Gasteiger partial charge in [0, 0.05) is 42.2 Å². The van der Waals surface area contributed by atoms with Crippen LogP contribution in [0.3, 0.4) is 0 Å². The first kappa shape index (κ1) is 25.1. The molecule has 0 bridgehead atoms. The lowest BCUT2D eigenvalue weighted by Crippen LogP contribution is -2.34. The molecule has 194 valence electrons. The topological polar surface area (TPSA) is 122 Å². The Morgan fingerprint density at radius 3 is 2.58 bits per heavy atom. The van der Waals surface area contributed by atoms with Crippen LogP contribution in [-0.2, 0) is 11.3 Å². The molecule has 0 fully saturated rings.